The van der Waals surface area contributed by atoms with Gasteiger partial charge < -0.3 is 15.5 Å². The highest BCUT2D eigenvalue weighted by atomic mass is 16.3. The Balaban J connectivity index is 3.85. The number of aliphatic hydroxyl groups is 2. The lowest BCUT2D eigenvalue weighted by molar-refractivity contribution is -0.122. The molecular formula is C49H75NO3. The zero-order valence-electron chi connectivity index (χ0n) is 33.5. The lowest BCUT2D eigenvalue weighted by Crippen LogP contribution is -2.45. The molecule has 2 unspecified atom stereocenters. The third kappa shape index (κ3) is 39.3. The minimum atomic E-state index is -0.903. The number of hydrogen-bond acceptors (Lipinski definition) is 3. The Hall–Kier alpha value is -3.73. The van der Waals surface area contributed by atoms with Crippen molar-refractivity contribution in [2.75, 3.05) is 6.61 Å². The first-order chi connectivity index (χ1) is 26.2. The lowest BCUT2D eigenvalue weighted by Gasteiger charge is -2.19. The molecule has 0 aliphatic heterocycles. The number of allylic oxidation sites excluding steroid dienone is 23. The molecule has 1 amide bonds. The van der Waals surface area contributed by atoms with E-state index in [4.69, 9.17) is 0 Å². The third-order valence-corrected chi connectivity index (χ3v) is 8.03. The molecule has 0 aromatic rings. The van der Waals surface area contributed by atoms with Crippen molar-refractivity contribution in [2.45, 2.75) is 148 Å². The molecule has 0 aromatic carbocycles. The highest BCUT2D eigenvalue weighted by Crippen LogP contribution is 2.05. The SMILES string of the molecule is CC/C=C\C/C=C\C/C=C\C/C=C\C/C=C\C/C=C\C/C=C\C/C=C\C/C=C\CCCC(=O)NC(CO)C(O)/C=C/CC/C=C/CC/C=C/CCCC. The molecule has 0 spiro atoms. The van der Waals surface area contributed by atoms with Crippen LogP contribution in [0.4, 0.5) is 0 Å². The molecule has 4 nitrogen and oxygen atoms in total. The van der Waals surface area contributed by atoms with Crippen LogP contribution in [0.15, 0.2) is 146 Å². The summed E-state index contributed by atoms with van der Waals surface area (Å²) in [6.45, 7) is 4.07. The van der Waals surface area contributed by atoms with E-state index in [1.165, 1.54) is 19.3 Å². The molecule has 0 aromatic heterocycles. The van der Waals surface area contributed by atoms with Gasteiger partial charge in [-0.2, -0.15) is 0 Å². The highest BCUT2D eigenvalue weighted by molar-refractivity contribution is 5.76. The van der Waals surface area contributed by atoms with E-state index in [-0.39, 0.29) is 12.5 Å². The summed E-state index contributed by atoms with van der Waals surface area (Å²) in [5, 5.41) is 22.8. The Bertz CT molecular complexity index is 1190. The van der Waals surface area contributed by atoms with Crippen LogP contribution in [0.1, 0.15) is 136 Å². The summed E-state index contributed by atoms with van der Waals surface area (Å²) in [6.07, 6.45) is 69.5. The summed E-state index contributed by atoms with van der Waals surface area (Å²) in [4.78, 5) is 12.3. The average Bonchev–Trinajstić information content (AvgIpc) is 3.16. The number of amides is 1. The molecule has 0 rings (SSSR count). The molecule has 0 aliphatic rings. The lowest BCUT2D eigenvalue weighted by atomic mass is 10.1. The van der Waals surface area contributed by atoms with Crippen LogP contribution >= 0.6 is 0 Å². The molecule has 0 radical (unpaired) electrons. The second-order valence-electron chi connectivity index (χ2n) is 12.9. The normalized spacial score (nSPS) is 14.6. The van der Waals surface area contributed by atoms with Gasteiger partial charge in [0.05, 0.1) is 18.8 Å². The van der Waals surface area contributed by atoms with Gasteiger partial charge in [-0.1, -0.05) is 173 Å². The first-order valence-electron chi connectivity index (χ1n) is 20.5. The third-order valence-electron chi connectivity index (χ3n) is 8.03. The fraction of sp³-hybridized carbons (Fsp3) is 0.490. The molecule has 53 heavy (non-hydrogen) atoms. The smallest absolute Gasteiger partial charge is 0.220 e. The van der Waals surface area contributed by atoms with Crippen LogP contribution in [-0.4, -0.2) is 34.9 Å². The van der Waals surface area contributed by atoms with Crippen molar-refractivity contribution in [1.82, 2.24) is 5.32 Å². The van der Waals surface area contributed by atoms with E-state index in [0.717, 1.165) is 96.3 Å². The van der Waals surface area contributed by atoms with Gasteiger partial charge in [0, 0.05) is 6.42 Å². The van der Waals surface area contributed by atoms with E-state index in [2.05, 4.69) is 153 Å². The predicted octanol–water partition coefficient (Wildman–Crippen LogP) is 13.0. The van der Waals surface area contributed by atoms with E-state index in [1.807, 2.05) is 6.08 Å². The number of aliphatic hydroxyl groups excluding tert-OH is 2. The molecule has 2 atom stereocenters. The van der Waals surface area contributed by atoms with Crippen molar-refractivity contribution >= 4 is 5.91 Å². The first kappa shape index (κ1) is 49.3. The van der Waals surface area contributed by atoms with Crippen molar-refractivity contribution in [2.24, 2.45) is 0 Å². The quantitative estimate of drug-likeness (QED) is 0.0457. The largest absolute Gasteiger partial charge is 0.394 e. The van der Waals surface area contributed by atoms with E-state index in [9.17, 15) is 15.0 Å². The van der Waals surface area contributed by atoms with Crippen LogP contribution in [0.2, 0.25) is 0 Å². The number of carbonyl (C=O) groups is 1. The summed E-state index contributed by atoms with van der Waals surface area (Å²) >= 11 is 0. The van der Waals surface area contributed by atoms with Gasteiger partial charge in [-0.3, -0.25) is 4.79 Å². The first-order valence-corrected chi connectivity index (χ1v) is 20.5. The molecule has 3 N–H and O–H groups in total. The zero-order valence-corrected chi connectivity index (χ0v) is 33.5. The molecule has 0 saturated heterocycles. The number of carbonyl (C=O) groups excluding carboxylic acids is 1. The molecule has 0 aliphatic carbocycles. The summed E-state index contributed by atoms with van der Waals surface area (Å²) in [5.41, 5.74) is 0. The summed E-state index contributed by atoms with van der Waals surface area (Å²) in [6, 6.07) is -0.686. The van der Waals surface area contributed by atoms with Crippen molar-refractivity contribution in [1.29, 1.82) is 0 Å². The van der Waals surface area contributed by atoms with E-state index in [1.54, 1.807) is 6.08 Å². The Labute approximate surface area is 325 Å². The van der Waals surface area contributed by atoms with Crippen LogP contribution < -0.4 is 5.32 Å². The van der Waals surface area contributed by atoms with Crippen LogP contribution in [0, 0.1) is 0 Å². The topological polar surface area (TPSA) is 69.6 Å². The van der Waals surface area contributed by atoms with Crippen molar-refractivity contribution in [3.8, 4) is 0 Å². The molecule has 0 heterocycles. The summed E-state index contributed by atoms with van der Waals surface area (Å²) in [7, 11) is 0. The maximum atomic E-state index is 12.3. The fourth-order valence-electron chi connectivity index (χ4n) is 4.90. The molecule has 4 heteroatoms. The van der Waals surface area contributed by atoms with E-state index < -0.39 is 12.1 Å². The Morgan fingerprint density at radius 2 is 0.811 bits per heavy atom. The van der Waals surface area contributed by atoms with Gasteiger partial charge >= 0.3 is 0 Å². The van der Waals surface area contributed by atoms with Gasteiger partial charge in [0.2, 0.25) is 5.91 Å². The fourth-order valence-corrected chi connectivity index (χ4v) is 4.90. The van der Waals surface area contributed by atoms with Gasteiger partial charge in [-0.05, 0) is 103 Å². The van der Waals surface area contributed by atoms with Crippen LogP contribution in [0.25, 0.3) is 0 Å². The van der Waals surface area contributed by atoms with Gasteiger partial charge in [-0.15, -0.1) is 0 Å². The number of unbranched alkanes of at least 4 members (excludes halogenated alkanes) is 5. The Kier molecular flexibility index (Phi) is 39.7. The van der Waals surface area contributed by atoms with E-state index in [0.29, 0.717) is 6.42 Å². The van der Waals surface area contributed by atoms with Gasteiger partial charge in [-0.25, -0.2) is 0 Å². The Morgan fingerprint density at radius 3 is 1.21 bits per heavy atom. The second kappa shape index (κ2) is 42.7. The summed E-state index contributed by atoms with van der Waals surface area (Å²) in [5.74, 6) is -0.146. The molecule has 0 bridgehead atoms. The Morgan fingerprint density at radius 1 is 0.472 bits per heavy atom. The van der Waals surface area contributed by atoms with Gasteiger partial charge in [0.1, 0.15) is 0 Å². The standard InChI is InChI=1S/C49H75NO3/c1-3-5-7-9-11-13-15-17-18-19-20-21-22-23-24-25-26-27-28-29-30-31-32-33-35-37-39-41-43-45-49(53)50-47(46-51)48(52)44-42-40-38-36-34-16-14-12-10-8-6-4-2/h5,7,10-13,17-18,20-21,23-24,26-27,29-30,32-34,36-37,39,42,44,47-48,51-52H,3-4,6,8-9,14-16,19,22,25,28,31,35,38,40-41,43,45-46H2,1-2H3,(H,50,53)/b7-5-,12-10+,13-11-,18-17-,21-20-,24-23-,27-26-,30-29-,33-32-,36-34+,39-37-,44-42+. The molecule has 0 fully saturated rings. The number of hydrogen-bond donors (Lipinski definition) is 3. The van der Waals surface area contributed by atoms with E-state index >= 15 is 0 Å². The zero-order chi connectivity index (χ0) is 38.6. The molecule has 294 valence electrons. The van der Waals surface area contributed by atoms with Crippen LogP contribution in [0.3, 0.4) is 0 Å². The van der Waals surface area contributed by atoms with Gasteiger partial charge in [0.25, 0.3) is 0 Å². The maximum Gasteiger partial charge on any atom is 0.220 e. The van der Waals surface area contributed by atoms with Crippen molar-refractivity contribution < 1.29 is 15.0 Å². The highest BCUT2D eigenvalue weighted by Gasteiger charge is 2.17. The minimum Gasteiger partial charge on any atom is -0.394 e. The minimum absolute atomic E-state index is 0.146. The van der Waals surface area contributed by atoms with Crippen molar-refractivity contribution in [3.05, 3.63) is 146 Å². The molecule has 0 saturated carbocycles. The number of nitrogens with one attached hydrogen (secondary N) is 1. The van der Waals surface area contributed by atoms with Crippen LogP contribution in [-0.2, 0) is 4.79 Å². The van der Waals surface area contributed by atoms with Crippen molar-refractivity contribution in [3.63, 3.8) is 0 Å². The predicted molar refractivity (Wildman–Crippen MR) is 234 cm³/mol. The molecular weight excluding hydrogens is 651 g/mol. The second-order valence-corrected chi connectivity index (χ2v) is 12.9. The monoisotopic (exact) mass is 726 g/mol. The summed E-state index contributed by atoms with van der Waals surface area (Å²) < 4.78 is 0. The average molecular weight is 726 g/mol. The maximum absolute atomic E-state index is 12.3. The van der Waals surface area contributed by atoms with Gasteiger partial charge in [0.15, 0.2) is 0 Å². The van der Waals surface area contributed by atoms with Crippen LogP contribution in [0.5, 0.6) is 0 Å². The number of rotatable bonds is 34.